The Labute approximate surface area is 166 Å². The quantitative estimate of drug-likeness (QED) is 0.698. The van der Waals surface area contributed by atoms with Crippen molar-refractivity contribution in [2.24, 2.45) is 0 Å². The summed E-state index contributed by atoms with van der Waals surface area (Å²) in [6.45, 7) is 5.34. The van der Waals surface area contributed by atoms with E-state index in [2.05, 4.69) is 4.90 Å². The van der Waals surface area contributed by atoms with Crippen molar-refractivity contribution in [1.29, 1.82) is 0 Å². The lowest BCUT2D eigenvalue weighted by atomic mass is 10.1. The summed E-state index contributed by atoms with van der Waals surface area (Å²) in [7, 11) is 1.65. The summed E-state index contributed by atoms with van der Waals surface area (Å²) in [6.07, 6.45) is 0. The van der Waals surface area contributed by atoms with Gasteiger partial charge in [-0.05, 0) is 23.8 Å². The number of hydrogen-bond donors (Lipinski definition) is 2. The van der Waals surface area contributed by atoms with Crippen molar-refractivity contribution in [3.05, 3.63) is 59.7 Å². The van der Waals surface area contributed by atoms with Crippen LogP contribution in [0.3, 0.4) is 0 Å². The normalized spacial score (nSPS) is 14.8. The third-order valence-electron chi connectivity index (χ3n) is 4.87. The molecular formula is C21H27N2O3S+. The van der Waals surface area contributed by atoms with E-state index in [1.165, 1.54) is 4.90 Å². The van der Waals surface area contributed by atoms with Crippen molar-refractivity contribution in [2.75, 3.05) is 46.4 Å². The SMILES string of the molecule is COc1cc(C(=S)N2CC[NH+](CCO)CC2)ccc1OCc1ccccc1. The second-order valence-electron chi connectivity index (χ2n) is 6.66. The number of methoxy groups -OCH3 is 1. The van der Waals surface area contributed by atoms with E-state index < -0.39 is 0 Å². The number of aliphatic hydroxyl groups is 1. The zero-order valence-electron chi connectivity index (χ0n) is 15.7. The fourth-order valence-electron chi connectivity index (χ4n) is 3.27. The van der Waals surface area contributed by atoms with E-state index in [0.717, 1.165) is 48.8 Å². The molecule has 2 aromatic rings. The molecule has 0 saturated carbocycles. The van der Waals surface area contributed by atoms with Crippen molar-refractivity contribution in [2.45, 2.75) is 6.61 Å². The summed E-state index contributed by atoms with van der Waals surface area (Å²) >= 11 is 5.71. The average molecular weight is 388 g/mol. The van der Waals surface area contributed by atoms with Gasteiger partial charge in [0.05, 0.1) is 39.9 Å². The molecule has 3 rings (SSSR count). The molecule has 144 valence electrons. The summed E-state index contributed by atoms with van der Waals surface area (Å²) in [4.78, 5) is 4.50. The molecule has 0 aliphatic carbocycles. The maximum atomic E-state index is 9.09. The van der Waals surface area contributed by atoms with Crippen LogP contribution >= 0.6 is 12.2 Å². The lowest BCUT2D eigenvalue weighted by molar-refractivity contribution is -0.904. The lowest BCUT2D eigenvalue weighted by Gasteiger charge is -2.33. The summed E-state index contributed by atoms with van der Waals surface area (Å²) in [5.41, 5.74) is 2.09. The van der Waals surface area contributed by atoms with Crippen LogP contribution in [0.25, 0.3) is 0 Å². The van der Waals surface area contributed by atoms with Crippen LogP contribution in [-0.4, -0.2) is 61.4 Å². The van der Waals surface area contributed by atoms with E-state index in [1.807, 2.05) is 48.5 Å². The number of hydrogen-bond acceptors (Lipinski definition) is 4. The van der Waals surface area contributed by atoms with Gasteiger partial charge in [0, 0.05) is 5.56 Å². The number of nitrogens with zero attached hydrogens (tertiary/aromatic N) is 1. The highest BCUT2D eigenvalue weighted by Crippen LogP contribution is 2.29. The summed E-state index contributed by atoms with van der Waals surface area (Å²) < 4.78 is 11.5. The van der Waals surface area contributed by atoms with Gasteiger partial charge in [-0.15, -0.1) is 0 Å². The van der Waals surface area contributed by atoms with E-state index in [0.29, 0.717) is 18.1 Å². The number of rotatable bonds is 7. The Hall–Kier alpha value is -2.15. The van der Waals surface area contributed by atoms with Gasteiger partial charge in [0.1, 0.15) is 18.1 Å². The highest BCUT2D eigenvalue weighted by atomic mass is 32.1. The summed E-state index contributed by atoms with van der Waals surface area (Å²) in [5.74, 6) is 1.40. The molecule has 2 N–H and O–H groups in total. The number of nitrogens with one attached hydrogen (secondary N) is 1. The van der Waals surface area contributed by atoms with Crippen molar-refractivity contribution >= 4 is 17.2 Å². The first-order valence-corrected chi connectivity index (χ1v) is 9.70. The van der Waals surface area contributed by atoms with Crippen LogP contribution in [0.5, 0.6) is 11.5 Å². The Bertz CT molecular complexity index is 746. The number of benzene rings is 2. The van der Waals surface area contributed by atoms with Crippen molar-refractivity contribution in [3.63, 3.8) is 0 Å². The summed E-state index contributed by atoms with van der Waals surface area (Å²) in [6, 6.07) is 15.9. The first-order chi connectivity index (χ1) is 13.2. The number of ether oxygens (including phenoxy) is 2. The number of aliphatic hydroxyl groups excluding tert-OH is 1. The van der Waals surface area contributed by atoms with Gasteiger partial charge in [-0.1, -0.05) is 42.5 Å². The molecule has 1 aliphatic rings. The molecule has 0 bridgehead atoms. The standard InChI is InChI=1S/C21H26N2O3S/c1-25-20-15-18(21(27)23-11-9-22(10-12-23)13-14-24)7-8-19(20)26-16-17-5-3-2-4-6-17/h2-8,15,24H,9-14,16H2,1H3/p+1. The van der Waals surface area contributed by atoms with E-state index in [-0.39, 0.29) is 6.61 Å². The van der Waals surface area contributed by atoms with Crippen LogP contribution in [0.4, 0.5) is 0 Å². The molecule has 5 nitrogen and oxygen atoms in total. The summed E-state index contributed by atoms with van der Waals surface area (Å²) in [5, 5.41) is 9.09. The molecule has 1 heterocycles. The van der Waals surface area contributed by atoms with Crippen LogP contribution < -0.4 is 14.4 Å². The van der Waals surface area contributed by atoms with Crippen LogP contribution in [0.15, 0.2) is 48.5 Å². The second-order valence-corrected chi connectivity index (χ2v) is 7.04. The van der Waals surface area contributed by atoms with Gasteiger partial charge < -0.3 is 24.4 Å². The lowest BCUT2D eigenvalue weighted by Crippen LogP contribution is -3.15. The molecule has 0 radical (unpaired) electrons. The van der Waals surface area contributed by atoms with Crippen LogP contribution in [0, 0.1) is 0 Å². The second kappa shape index (κ2) is 9.69. The monoisotopic (exact) mass is 387 g/mol. The molecule has 0 unspecified atom stereocenters. The van der Waals surface area contributed by atoms with Crippen molar-refractivity contribution < 1.29 is 19.5 Å². The van der Waals surface area contributed by atoms with Gasteiger partial charge in [-0.25, -0.2) is 0 Å². The van der Waals surface area contributed by atoms with E-state index >= 15 is 0 Å². The van der Waals surface area contributed by atoms with E-state index in [1.54, 1.807) is 7.11 Å². The molecular weight excluding hydrogens is 360 g/mol. The van der Waals surface area contributed by atoms with Crippen LogP contribution in [0.2, 0.25) is 0 Å². The Kier molecular flexibility index (Phi) is 7.04. The first kappa shape index (κ1) is 19.6. The molecule has 6 heteroatoms. The third-order valence-corrected chi connectivity index (χ3v) is 5.36. The minimum Gasteiger partial charge on any atom is -0.493 e. The van der Waals surface area contributed by atoms with Crippen molar-refractivity contribution in [1.82, 2.24) is 4.90 Å². The van der Waals surface area contributed by atoms with Gasteiger partial charge in [0.2, 0.25) is 0 Å². The van der Waals surface area contributed by atoms with Gasteiger partial charge in [-0.2, -0.15) is 0 Å². The maximum absolute atomic E-state index is 9.09. The zero-order valence-corrected chi connectivity index (χ0v) is 16.5. The first-order valence-electron chi connectivity index (χ1n) is 9.29. The Morgan fingerprint density at radius 1 is 1.11 bits per heavy atom. The topological polar surface area (TPSA) is 46.4 Å². The Morgan fingerprint density at radius 2 is 1.85 bits per heavy atom. The molecule has 0 atom stereocenters. The number of thiocarbonyl (C=S) groups is 1. The molecule has 27 heavy (non-hydrogen) atoms. The van der Waals surface area contributed by atoms with Gasteiger partial charge in [-0.3, -0.25) is 0 Å². The molecule has 1 saturated heterocycles. The molecule has 2 aromatic carbocycles. The van der Waals surface area contributed by atoms with Crippen molar-refractivity contribution in [3.8, 4) is 11.5 Å². The molecule has 0 spiro atoms. The molecule has 0 amide bonds. The van der Waals surface area contributed by atoms with Crippen LogP contribution in [0.1, 0.15) is 11.1 Å². The van der Waals surface area contributed by atoms with Gasteiger partial charge in [0.15, 0.2) is 11.5 Å². The molecule has 0 aromatic heterocycles. The fourth-order valence-corrected chi connectivity index (χ4v) is 3.58. The number of quaternary nitrogens is 1. The van der Waals surface area contributed by atoms with Gasteiger partial charge >= 0.3 is 0 Å². The average Bonchev–Trinajstić information content (AvgIpc) is 2.73. The third kappa shape index (κ3) is 5.19. The Balaban J connectivity index is 1.64. The number of piperazine rings is 1. The largest absolute Gasteiger partial charge is 0.493 e. The highest BCUT2D eigenvalue weighted by Gasteiger charge is 2.22. The minimum atomic E-state index is 0.238. The van der Waals surface area contributed by atoms with Crippen LogP contribution in [-0.2, 0) is 6.61 Å². The molecule has 1 aliphatic heterocycles. The minimum absolute atomic E-state index is 0.238. The smallest absolute Gasteiger partial charge is 0.161 e. The highest BCUT2D eigenvalue weighted by molar-refractivity contribution is 7.80. The van der Waals surface area contributed by atoms with E-state index in [9.17, 15) is 0 Å². The Morgan fingerprint density at radius 3 is 2.52 bits per heavy atom. The molecule has 1 fully saturated rings. The predicted molar refractivity (Wildman–Crippen MR) is 110 cm³/mol. The predicted octanol–water partition coefficient (Wildman–Crippen LogP) is 1.14. The zero-order chi connectivity index (χ0) is 19.1. The fraction of sp³-hybridized carbons (Fsp3) is 0.381. The van der Waals surface area contributed by atoms with E-state index in [4.69, 9.17) is 26.8 Å². The maximum Gasteiger partial charge on any atom is 0.161 e. The van der Waals surface area contributed by atoms with Gasteiger partial charge in [0.25, 0.3) is 0 Å².